The minimum atomic E-state index is -0.384. The highest BCUT2D eigenvalue weighted by molar-refractivity contribution is 6.30. The second-order valence-electron chi connectivity index (χ2n) is 4.20. The van der Waals surface area contributed by atoms with Crippen LogP contribution in [0.25, 0.3) is 0 Å². The fraction of sp³-hybridized carbons (Fsp3) is 0.500. The second kappa shape index (κ2) is 5.13. The Labute approximate surface area is 99.6 Å². The van der Waals surface area contributed by atoms with E-state index >= 15 is 0 Å². The Morgan fingerprint density at radius 2 is 2.31 bits per heavy atom. The van der Waals surface area contributed by atoms with E-state index in [2.05, 4.69) is 4.90 Å². The third-order valence-electron chi connectivity index (χ3n) is 3.08. The zero-order valence-electron chi connectivity index (χ0n) is 9.00. The number of likely N-dealkylation sites (tertiary alicyclic amines) is 1. The molecular weight excluding hydrogens is 229 g/mol. The van der Waals surface area contributed by atoms with Gasteiger partial charge in [0.05, 0.1) is 11.6 Å². The van der Waals surface area contributed by atoms with Gasteiger partial charge in [-0.05, 0) is 37.1 Å². The van der Waals surface area contributed by atoms with Crippen LogP contribution in [0, 0.1) is 5.82 Å². The quantitative estimate of drug-likeness (QED) is 0.882. The summed E-state index contributed by atoms with van der Waals surface area (Å²) in [5, 5.41) is 9.35. The molecule has 4 heteroatoms. The highest BCUT2D eigenvalue weighted by atomic mass is 35.5. The number of hydrogen-bond acceptors (Lipinski definition) is 2. The van der Waals surface area contributed by atoms with Crippen molar-refractivity contribution in [2.45, 2.75) is 25.4 Å². The van der Waals surface area contributed by atoms with Crippen LogP contribution in [0.5, 0.6) is 0 Å². The lowest BCUT2D eigenvalue weighted by molar-refractivity contribution is 0.153. The van der Waals surface area contributed by atoms with Gasteiger partial charge >= 0.3 is 0 Å². The normalized spacial score (nSPS) is 21.6. The monoisotopic (exact) mass is 243 g/mol. The molecule has 1 aromatic rings. The predicted molar refractivity (Wildman–Crippen MR) is 61.9 cm³/mol. The van der Waals surface area contributed by atoms with Crippen LogP contribution < -0.4 is 0 Å². The average Bonchev–Trinajstić information content (AvgIpc) is 2.71. The second-order valence-corrected chi connectivity index (χ2v) is 4.60. The molecule has 0 aliphatic carbocycles. The molecule has 1 aromatic carbocycles. The Morgan fingerprint density at radius 1 is 1.50 bits per heavy atom. The summed E-state index contributed by atoms with van der Waals surface area (Å²) in [6, 6.07) is 5.03. The van der Waals surface area contributed by atoms with Crippen molar-refractivity contribution in [1.29, 1.82) is 0 Å². The van der Waals surface area contributed by atoms with E-state index in [0.717, 1.165) is 31.5 Å². The maximum Gasteiger partial charge on any atom is 0.141 e. The molecule has 1 saturated heterocycles. The van der Waals surface area contributed by atoms with Gasteiger partial charge in [0.25, 0.3) is 0 Å². The Hall–Kier alpha value is -0.640. The van der Waals surface area contributed by atoms with Gasteiger partial charge in [-0.15, -0.1) is 0 Å². The smallest absolute Gasteiger partial charge is 0.141 e. The predicted octanol–water partition coefficient (Wildman–Crippen LogP) is 2.44. The van der Waals surface area contributed by atoms with Gasteiger partial charge in [0.15, 0.2) is 0 Å². The lowest BCUT2D eigenvalue weighted by atomic mass is 10.2. The number of nitrogens with zero attached hydrogens (tertiary/aromatic N) is 1. The molecule has 16 heavy (non-hydrogen) atoms. The van der Waals surface area contributed by atoms with Gasteiger partial charge in [0.1, 0.15) is 5.82 Å². The third-order valence-corrected chi connectivity index (χ3v) is 3.37. The summed E-state index contributed by atoms with van der Waals surface area (Å²) in [4.78, 5) is 2.21. The largest absolute Gasteiger partial charge is 0.395 e. The van der Waals surface area contributed by atoms with Crippen molar-refractivity contribution >= 4 is 11.6 Å². The molecule has 0 unspecified atom stereocenters. The Kier molecular flexibility index (Phi) is 3.79. The lowest BCUT2D eigenvalue weighted by Gasteiger charge is -2.22. The first kappa shape index (κ1) is 11.8. The number of hydrogen-bond donors (Lipinski definition) is 1. The number of rotatable bonds is 3. The first-order valence-corrected chi connectivity index (χ1v) is 5.87. The van der Waals surface area contributed by atoms with Crippen molar-refractivity contribution in [3.63, 3.8) is 0 Å². The van der Waals surface area contributed by atoms with Gasteiger partial charge in [-0.3, -0.25) is 4.90 Å². The maximum atomic E-state index is 13.0. The van der Waals surface area contributed by atoms with Gasteiger partial charge in [-0.1, -0.05) is 17.7 Å². The van der Waals surface area contributed by atoms with E-state index < -0.39 is 0 Å². The molecular formula is C12H15ClFNO. The fourth-order valence-corrected chi connectivity index (χ4v) is 2.39. The molecule has 1 fully saturated rings. The number of aliphatic hydroxyl groups is 1. The number of aliphatic hydroxyl groups excluding tert-OH is 1. The van der Waals surface area contributed by atoms with E-state index in [-0.39, 0.29) is 23.5 Å². The van der Waals surface area contributed by atoms with Crippen LogP contribution in [0.1, 0.15) is 18.4 Å². The molecule has 1 aliphatic rings. The van der Waals surface area contributed by atoms with Crippen molar-refractivity contribution in [2.24, 2.45) is 0 Å². The molecule has 1 N–H and O–H groups in total. The first-order chi connectivity index (χ1) is 7.70. The summed E-state index contributed by atoms with van der Waals surface area (Å²) in [5.41, 5.74) is 0.992. The summed E-state index contributed by atoms with van der Waals surface area (Å²) < 4.78 is 13.0. The summed E-state index contributed by atoms with van der Waals surface area (Å²) >= 11 is 5.73. The van der Waals surface area contributed by atoms with Crippen LogP contribution in [0.3, 0.4) is 0 Å². The molecule has 0 aromatic heterocycles. The molecule has 2 rings (SSSR count). The van der Waals surface area contributed by atoms with Gasteiger partial charge in [0, 0.05) is 12.6 Å². The summed E-state index contributed by atoms with van der Waals surface area (Å²) in [6.45, 7) is 1.90. The lowest BCUT2D eigenvalue weighted by Crippen LogP contribution is -2.31. The highest BCUT2D eigenvalue weighted by Crippen LogP contribution is 2.22. The molecule has 1 aliphatic heterocycles. The van der Waals surface area contributed by atoms with Crippen LogP contribution in [-0.2, 0) is 6.54 Å². The van der Waals surface area contributed by atoms with Gasteiger partial charge in [0.2, 0.25) is 0 Å². The van der Waals surface area contributed by atoms with Crippen molar-refractivity contribution in [1.82, 2.24) is 4.90 Å². The van der Waals surface area contributed by atoms with Crippen LogP contribution >= 0.6 is 11.6 Å². The first-order valence-electron chi connectivity index (χ1n) is 5.49. The molecule has 0 saturated carbocycles. The van der Waals surface area contributed by atoms with Crippen LogP contribution in [-0.4, -0.2) is 29.2 Å². The van der Waals surface area contributed by atoms with Crippen molar-refractivity contribution in [3.8, 4) is 0 Å². The Bertz CT molecular complexity index is 372. The zero-order chi connectivity index (χ0) is 11.5. The maximum absolute atomic E-state index is 13.0. The van der Waals surface area contributed by atoms with Gasteiger partial charge in [-0.25, -0.2) is 4.39 Å². The van der Waals surface area contributed by atoms with Crippen molar-refractivity contribution < 1.29 is 9.50 Å². The molecule has 0 spiro atoms. The van der Waals surface area contributed by atoms with Crippen molar-refractivity contribution in [3.05, 3.63) is 34.6 Å². The van der Waals surface area contributed by atoms with E-state index in [4.69, 9.17) is 11.6 Å². The van der Waals surface area contributed by atoms with Gasteiger partial charge in [-0.2, -0.15) is 0 Å². The van der Waals surface area contributed by atoms with E-state index in [1.165, 1.54) is 6.07 Å². The standard InChI is InChI=1S/C12H15ClFNO/c13-11-6-9(3-4-12(11)14)7-15-5-1-2-10(15)8-16/h3-4,6,10,16H,1-2,5,7-8H2/t10-/m0/s1. The molecule has 1 atom stereocenters. The Balaban J connectivity index is 2.05. The molecule has 88 valence electrons. The third kappa shape index (κ3) is 2.54. The summed E-state index contributed by atoms with van der Waals surface area (Å²) in [7, 11) is 0. The zero-order valence-corrected chi connectivity index (χ0v) is 9.75. The van der Waals surface area contributed by atoms with E-state index in [9.17, 15) is 9.50 Å². The van der Waals surface area contributed by atoms with E-state index in [1.807, 2.05) is 0 Å². The molecule has 0 amide bonds. The Morgan fingerprint density at radius 3 is 3.00 bits per heavy atom. The molecule has 0 bridgehead atoms. The van der Waals surface area contributed by atoms with E-state index in [0.29, 0.717) is 0 Å². The summed E-state index contributed by atoms with van der Waals surface area (Å²) in [6.07, 6.45) is 2.14. The van der Waals surface area contributed by atoms with Crippen LogP contribution in [0.4, 0.5) is 4.39 Å². The van der Waals surface area contributed by atoms with Crippen molar-refractivity contribution in [2.75, 3.05) is 13.2 Å². The summed E-state index contributed by atoms with van der Waals surface area (Å²) in [5.74, 6) is -0.384. The van der Waals surface area contributed by atoms with Crippen LogP contribution in [0.2, 0.25) is 5.02 Å². The molecule has 1 heterocycles. The number of benzene rings is 1. The number of halogens is 2. The average molecular weight is 244 g/mol. The minimum absolute atomic E-state index is 0.164. The van der Waals surface area contributed by atoms with E-state index in [1.54, 1.807) is 12.1 Å². The highest BCUT2D eigenvalue weighted by Gasteiger charge is 2.23. The molecule has 0 radical (unpaired) electrons. The fourth-order valence-electron chi connectivity index (χ4n) is 2.18. The van der Waals surface area contributed by atoms with Gasteiger partial charge < -0.3 is 5.11 Å². The van der Waals surface area contributed by atoms with Crippen LogP contribution in [0.15, 0.2) is 18.2 Å². The molecule has 2 nitrogen and oxygen atoms in total. The minimum Gasteiger partial charge on any atom is -0.395 e. The SMILES string of the molecule is OC[C@@H]1CCCN1Cc1ccc(F)c(Cl)c1. The topological polar surface area (TPSA) is 23.5 Å².